The lowest BCUT2D eigenvalue weighted by Gasteiger charge is -2.14. The highest BCUT2D eigenvalue weighted by atomic mass is 19.1. The van der Waals surface area contributed by atoms with E-state index < -0.39 is 30.2 Å². The molecule has 3 aromatic rings. The molecule has 1 fully saturated rings. The van der Waals surface area contributed by atoms with E-state index >= 15 is 0 Å². The van der Waals surface area contributed by atoms with Crippen molar-refractivity contribution in [2.75, 3.05) is 18.0 Å². The fourth-order valence-corrected chi connectivity index (χ4v) is 3.89. The minimum absolute atomic E-state index is 0.115. The third-order valence-electron chi connectivity index (χ3n) is 5.59. The topological polar surface area (TPSA) is 144 Å². The molecule has 1 saturated heterocycles. The van der Waals surface area contributed by atoms with Crippen molar-refractivity contribution in [1.29, 1.82) is 0 Å². The number of aromatic nitrogens is 4. The van der Waals surface area contributed by atoms with Crippen LogP contribution in [0.1, 0.15) is 12.1 Å². The van der Waals surface area contributed by atoms with Crippen molar-refractivity contribution < 1.29 is 28.7 Å². The van der Waals surface area contributed by atoms with E-state index in [4.69, 9.17) is 14.7 Å². The molecule has 0 aliphatic carbocycles. The zero-order chi connectivity index (χ0) is 24.4. The first-order valence-electron chi connectivity index (χ1n) is 10.7. The van der Waals surface area contributed by atoms with Gasteiger partial charge in [0.2, 0.25) is 0 Å². The highest BCUT2D eigenvalue weighted by molar-refractivity contribution is 5.99. The molecule has 0 radical (unpaired) electrons. The number of nitrogens with zero attached hydrogens (tertiary/aromatic N) is 6. The molecule has 180 valence electrons. The summed E-state index contributed by atoms with van der Waals surface area (Å²) in [7, 11) is 0. The number of amides is 2. The molecule has 1 aromatic carbocycles. The zero-order valence-electron chi connectivity index (χ0n) is 18.2. The Bertz CT molecular complexity index is 1270. The normalized spacial score (nSPS) is 19.3. The summed E-state index contributed by atoms with van der Waals surface area (Å²) in [5.41, 5.74) is 2.40. The number of carbonyl (C=O) groups excluding carboxylic acids is 1. The van der Waals surface area contributed by atoms with Crippen LogP contribution in [-0.4, -0.2) is 68.3 Å². The van der Waals surface area contributed by atoms with Crippen LogP contribution in [0.2, 0.25) is 0 Å². The van der Waals surface area contributed by atoms with Gasteiger partial charge in [-0.05, 0) is 24.3 Å². The van der Waals surface area contributed by atoms with Gasteiger partial charge >= 0.3 is 12.2 Å². The lowest BCUT2D eigenvalue weighted by molar-refractivity contribution is 0.0841. The van der Waals surface area contributed by atoms with Gasteiger partial charge in [0.05, 0.1) is 37.2 Å². The molecule has 0 bridgehead atoms. The second kappa shape index (κ2) is 9.37. The first-order chi connectivity index (χ1) is 17.0. The van der Waals surface area contributed by atoms with Crippen molar-refractivity contribution >= 4 is 23.6 Å². The molecule has 2 amide bonds. The second-order valence-corrected chi connectivity index (χ2v) is 7.99. The molecule has 0 spiro atoms. The van der Waals surface area contributed by atoms with Crippen LogP contribution in [0.3, 0.4) is 0 Å². The number of halogens is 1. The lowest BCUT2D eigenvalue weighted by atomic mass is 10.0. The number of oxime groups is 1. The maximum absolute atomic E-state index is 15.0. The van der Waals surface area contributed by atoms with E-state index in [0.717, 1.165) is 0 Å². The number of ether oxygens (including phenoxy) is 1. The van der Waals surface area contributed by atoms with E-state index in [2.05, 4.69) is 25.8 Å². The van der Waals surface area contributed by atoms with Crippen molar-refractivity contribution in [3.63, 3.8) is 0 Å². The molecule has 0 saturated carbocycles. The molecule has 5 rings (SSSR count). The van der Waals surface area contributed by atoms with Crippen LogP contribution in [0.15, 0.2) is 54.1 Å². The first-order valence-corrected chi connectivity index (χ1v) is 10.7. The fraction of sp³-hybridized carbons (Fsp3) is 0.273. The molecule has 2 aliphatic heterocycles. The molecule has 13 heteroatoms. The summed E-state index contributed by atoms with van der Waals surface area (Å²) in [6.45, 7) is 0.735. The number of nitrogens with one attached hydrogen (secondary N) is 1. The first kappa shape index (κ1) is 22.3. The van der Waals surface area contributed by atoms with E-state index in [9.17, 15) is 14.0 Å². The Kier molecular flexibility index (Phi) is 5.95. The van der Waals surface area contributed by atoms with Gasteiger partial charge in [-0.15, -0.1) is 5.10 Å². The molecule has 1 unspecified atom stereocenters. The van der Waals surface area contributed by atoms with Crippen LogP contribution in [0.5, 0.6) is 0 Å². The SMILES string of the molecule is O=C(O)NC[C@@H]1CC(c2ccc(-c3ccc(N4CC(Cn5ccnn5)OC4=O)cc3F)cn2)=NO1. The second-order valence-electron chi connectivity index (χ2n) is 7.99. The van der Waals surface area contributed by atoms with Crippen molar-refractivity contribution in [3.8, 4) is 11.1 Å². The predicted octanol–water partition coefficient (Wildman–Crippen LogP) is 2.27. The Balaban J connectivity index is 1.24. The molecule has 2 aromatic heterocycles. The maximum atomic E-state index is 15.0. The number of hydrogen-bond acceptors (Lipinski definition) is 8. The summed E-state index contributed by atoms with van der Waals surface area (Å²) in [5.74, 6) is -0.508. The van der Waals surface area contributed by atoms with E-state index in [1.807, 2.05) is 0 Å². The van der Waals surface area contributed by atoms with Gasteiger partial charge in [0.25, 0.3) is 0 Å². The summed E-state index contributed by atoms with van der Waals surface area (Å²) < 4.78 is 21.9. The summed E-state index contributed by atoms with van der Waals surface area (Å²) in [5, 5.41) is 22.5. The van der Waals surface area contributed by atoms with Crippen molar-refractivity contribution in [1.82, 2.24) is 25.3 Å². The molecular weight excluding hydrogens is 461 g/mol. The third kappa shape index (κ3) is 4.88. The monoisotopic (exact) mass is 481 g/mol. The predicted molar refractivity (Wildman–Crippen MR) is 119 cm³/mol. The van der Waals surface area contributed by atoms with Gasteiger partial charge in [0, 0.05) is 29.9 Å². The Labute approximate surface area is 198 Å². The Morgan fingerprint density at radius 3 is 2.86 bits per heavy atom. The number of rotatable bonds is 7. The molecule has 4 heterocycles. The van der Waals surface area contributed by atoms with Crippen LogP contribution >= 0.6 is 0 Å². The molecular formula is C22H20FN7O5. The Morgan fingerprint density at radius 2 is 2.14 bits per heavy atom. The Hall–Kier alpha value is -4.55. The van der Waals surface area contributed by atoms with Crippen LogP contribution in [0.4, 0.5) is 19.7 Å². The highest BCUT2D eigenvalue weighted by Crippen LogP contribution is 2.29. The molecule has 35 heavy (non-hydrogen) atoms. The third-order valence-corrected chi connectivity index (χ3v) is 5.59. The highest BCUT2D eigenvalue weighted by Gasteiger charge is 2.33. The molecule has 12 nitrogen and oxygen atoms in total. The van der Waals surface area contributed by atoms with Crippen LogP contribution in [-0.2, 0) is 16.1 Å². The number of pyridine rings is 1. The van der Waals surface area contributed by atoms with Gasteiger partial charge in [-0.3, -0.25) is 9.88 Å². The van der Waals surface area contributed by atoms with Gasteiger partial charge in [0.1, 0.15) is 17.6 Å². The van der Waals surface area contributed by atoms with E-state index in [-0.39, 0.29) is 13.1 Å². The average Bonchev–Trinajstić information content (AvgIpc) is 3.60. The number of anilines is 1. The summed E-state index contributed by atoms with van der Waals surface area (Å²) >= 11 is 0. The van der Waals surface area contributed by atoms with Gasteiger partial charge in [-0.1, -0.05) is 16.4 Å². The smallest absolute Gasteiger partial charge is 0.414 e. The van der Waals surface area contributed by atoms with Crippen molar-refractivity contribution in [2.24, 2.45) is 5.16 Å². The van der Waals surface area contributed by atoms with Crippen LogP contribution < -0.4 is 10.2 Å². The number of benzene rings is 1. The minimum atomic E-state index is -1.13. The van der Waals surface area contributed by atoms with Gasteiger partial charge < -0.3 is 20.0 Å². The van der Waals surface area contributed by atoms with Crippen LogP contribution in [0, 0.1) is 5.82 Å². The van der Waals surface area contributed by atoms with Crippen molar-refractivity contribution in [2.45, 2.75) is 25.2 Å². The molecule has 2 aliphatic rings. The molecule has 2 N–H and O–H groups in total. The summed E-state index contributed by atoms with van der Waals surface area (Å²) in [6.07, 6.45) is 2.62. The minimum Gasteiger partial charge on any atom is -0.465 e. The lowest BCUT2D eigenvalue weighted by Crippen LogP contribution is -2.31. The number of carbonyl (C=O) groups is 2. The maximum Gasteiger partial charge on any atom is 0.414 e. The number of cyclic esters (lactones) is 1. The Morgan fingerprint density at radius 1 is 1.26 bits per heavy atom. The molecule has 2 atom stereocenters. The standard InChI is InChI=1S/C22H20FN7O5/c23-18-7-14(30-12-16(34-22(30)33)11-29-6-5-26-28-29)2-3-17(18)13-1-4-19(24-9-13)20-8-15(35-27-20)10-25-21(31)32/h1-7,9,15-16,25H,8,10-12H2,(H,31,32)/t15-,16?/m0/s1. The number of hydrogen-bond donors (Lipinski definition) is 2. The van der Waals surface area contributed by atoms with Crippen LogP contribution in [0.25, 0.3) is 11.1 Å². The van der Waals surface area contributed by atoms with E-state index in [0.29, 0.717) is 41.2 Å². The average molecular weight is 481 g/mol. The quantitative estimate of drug-likeness (QED) is 0.523. The van der Waals surface area contributed by atoms with E-state index in [1.165, 1.54) is 23.4 Å². The van der Waals surface area contributed by atoms with Gasteiger partial charge in [-0.25, -0.2) is 18.7 Å². The van der Waals surface area contributed by atoms with Crippen molar-refractivity contribution in [3.05, 3.63) is 60.4 Å². The summed E-state index contributed by atoms with van der Waals surface area (Å²) in [4.78, 5) is 33.9. The van der Waals surface area contributed by atoms with E-state index in [1.54, 1.807) is 35.1 Å². The van der Waals surface area contributed by atoms with Gasteiger partial charge in [-0.2, -0.15) is 0 Å². The van der Waals surface area contributed by atoms with Gasteiger partial charge in [0.15, 0.2) is 6.10 Å². The summed E-state index contributed by atoms with van der Waals surface area (Å²) in [6, 6.07) is 7.94. The zero-order valence-corrected chi connectivity index (χ0v) is 18.2. The fourth-order valence-electron chi connectivity index (χ4n) is 3.89. The largest absolute Gasteiger partial charge is 0.465 e. The number of carboxylic acid groups (broad SMARTS) is 1.